The summed E-state index contributed by atoms with van der Waals surface area (Å²) in [5.74, 6) is -0.120. The minimum atomic E-state index is -0.576. The summed E-state index contributed by atoms with van der Waals surface area (Å²) in [7, 11) is 0. The van der Waals surface area contributed by atoms with Gasteiger partial charge in [0.05, 0.1) is 0 Å². The van der Waals surface area contributed by atoms with Crippen molar-refractivity contribution in [2.45, 2.75) is 58.7 Å². The number of nitrogens with zero attached hydrogens (tertiary/aromatic N) is 1. The van der Waals surface area contributed by atoms with Crippen LogP contribution in [0.2, 0.25) is 0 Å². The molecule has 6 heteroatoms. The van der Waals surface area contributed by atoms with Gasteiger partial charge < -0.3 is 10.1 Å². The van der Waals surface area contributed by atoms with Gasteiger partial charge in [0.2, 0.25) is 0 Å². The van der Waals surface area contributed by atoms with Crippen molar-refractivity contribution in [1.82, 2.24) is 10.2 Å². The van der Waals surface area contributed by atoms with Crippen LogP contribution >= 0.6 is 0 Å². The van der Waals surface area contributed by atoms with Crippen molar-refractivity contribution in [2.75, 3.05) is 18.4 Å². The van der Waals surface area contributed by atoms with Gasteiger partial charge in [-0.05, 0) is 69.9 Å². The molecule has 31 heavy (non-hydrogen) atoms. The van der Waals surface area contributed by atoms with Gasteiger partial charge in [-0.3, -0.25) is 15.0 Å². The largest absolute Gasteiger partial charge is 0.444 e. The Morgan fingerprint density at radius 1 is 1.06 bits per heavy atom. The molecule has 1 fully saturated rings. The van der Waals surface area contributed by atoms with Crippen molar-refractivity contribution in [1.29, 1.82) is 0 Å². The molecule has 166 valence electrons. The van der Waals surface area contributed by atoms with Crippen molar-refractivity contribution in [3.05, 3.63) is 65.2 Å². The number of carbonyl (C=O) groups excluding carboxylic acids is 2. The Bertz CT molecular complexity index is 912. The zero-order chi connectivity index (χ0) is 22.4. The molecule has 0 unspecified atom stereocenters. The summed E-state index contributed by atoms with van der Waals surface area (Å²) in [6.07, 6.45) is 1.31. The summed E-state index contributed by atoms with van der Waals surface area (Å²) in [6, 6.07) is 15.6. The van der Waals surface area contributed by atoms with Crippen LogP contribution in [0.4, 0.5) is 10.5 Å². The van der Waals surface area contributed by atoms with Crippen LogP contribution in [0.15, 0.2) is 48.5 Å². The molecule has 2 aromatic carbocycles. The van der Waals surface area contributed by atoms with Crippen LogP contribution < -0.4 is 10.6 Å². The Morgan fingerprint density at radius 2 is 1.77 bits per heavy atom. The number of ether oxygens (including phenoxy) is 1. The predicted molar refractivity (Wildman–Crippen MR) is 123 cm³/mol. The van der Waals surface area contributed by atoms with E-state index in [0.29, 0.717) is 11.3 Å². The number of likely N-dealkylation sites (tertiary alicyclic amines) is 1. The summed E-state index contributed by atoms with van der Waals surface area (Å²) in [4.78, 5) is 27.1. The number of hydrogen-bond donors (Lipinski definition) is 2. The second kappa shape index (κ2) is 9.96. The molecule has 3 rings (SSSR count). The van der Waals surface area contributed by atoms with E-state index in [2.05, 4.69) is 46.7 Å². The number of rotatable bonds is 5. The van der Waals surface area contributed by atoms with E-state index >= 15 is 0 Å². The molecule has 0 atom stereocenters. The van der Waals surface area contributed by atoms with E-state index in [-0.39, 0.29) is 11.9 Å². The fourth-order valence-corrected chi connectivity index (χ4v) is 3.69. The Labute approximate surface area is 185 Å². The monoisotopic (exact) mass is 423 g/mol. The fraction of sp³-hybridized carbons (Fsp3) is 0.440. The third-order valence-electron chi connectivity index (χ3n) is 5.35. The zero-order valence-corrected chi connectivity index (χ0v) is 18.9. The topological polar surface area (TPSA) is 70.7 Å². The van der Waals surface area contributed by atoms with Gasteiger partial charge in [-0.15, -0.1) is 0 Å². The maximum Gasteiger partial charge on any atom is 0.412 e. The van der Waals surface area contributed by atoms with Gasteiger partial charge in [-0.1, -0.05) is 30.3 Å². The van der Waals surface area contributed by atoms with Crippen LogP contribution in [0.3, 0.4) is 0 Å². The lowest BCUT2D eigenvalue weighted by Gasteiger charge is -2.32. The number of carbonyl (C=O) groups is 2. The summed E-state index contributed by atoms with van der Waals surface area (Å²) < 4.78 is 5.27. The third kappa shape index (κ3) is 7.10. The van der Waals surface area contributed by atoms with E-state index in [1.165, 1.54) is 11.1 Å². The highest BCUT2D eigenvalue weighted by Crippen LogP contribution is 2.18. The Hall–Kier alpha value is -2.86. The van der Waals surface area contributed by atoms with Crippen LogP contribution in [0.5, 0.6) is 0 Å². The fourth-order valence-electron chi connectivity index (χ4n) is 3.69. The molecule has 2 aromatic rings. The molecule has 1 aliphatic heterocycles. The van der Waals surface area contributed by atoms with Crippen LogP contribution in [-0.4, -0.2) is 41.6 Å². The van der Waals surface area contributed by atoms with Crippen LogP contribution in [0.1, 0.15) is 55.1 Å². The van der Waals surface area contributed by atoms with Crippen molar-refractivity contribution < 1.29 is 14.3 Å². The number of amides is 2. The zero-order valence-electron chi connectivity index (χ0n) is 18.9. The first-order valence-electron chi connectivity index (χ1n) is 10.9. The molecule has 0 radical (unpaired) electrons. The SMILES string of the molecule is Cc1ccccc1CN1CCC(NC(=O)c2cccc(NC(=O)OC(C)(C)C)c2)CC1. The number of nitrogens with one attached hydrogen (secondary N) is 2. The average molecular weight is 424 g/mol. The standard InChI is InChI=1S/C25H33N3O3/c1-18-8-5-6-9-20(18)17-28-14-12-21(13-15-28)26-23(29)19-10-7-11-22(16-19)27-24(30)31-25(2,3)4/h5-11,16,21H,12-15,17H2,1-4H3,(H,26,29)(H,27,30). The normalized spacial score (nSPS) is 15.4. The molecule has 1 aliphatic rings. The van der Waals surface area contributed by atoms with Gasteiger partial charge in [-0.25, -0.2) is 4.79 Å². The molecule has 0 bridgehead atoms. The first-order chi connectivity index (χ1) is 14.7. The lowest BCUT2D eigenvalue weighted by atomic mass is 10.0. The van der Waals surface area contributed by atoms with Crippen LogP contribution in [0, 0.1) is 6.92 Å². The van der Waals surface area contributed by atoms with Crippen LogP contribution in [0.25, 0.3) is 0 Å². The molecule has 2 amide bonds. The molecular formula is C25H33N3O3. The van der Waals surface area contributed by atoms with Crippen molar-refractivity contribution >= 4 is 17.7 Å². The number of piperidine rings is 1. The second-order valence-corrected chi connectivity index (χ2v) is 9.16. The number of aryl methyl sites for hydroxylation is 1. The Kier molecular flexibility index (Phi) is 7.33. The van der Waals surface area contributed by atoms with Crippen molar-refractivity contribution in [3.63, 3.8) is 0 Å². The second-order valence-electron chi connectivity index (χ2n) is 9.16. The first-order valence-corrected chi connectivity index (χ1v) is 10.9. The molecule has 2 N–H and O–H groups in total. The highest BCUT2D eigenvalue weighted by Gasteiger charge is 2.22. The number of hydrogen-bond acceptors (Lipinski definition) is 4. The molecule has 0 aromatic heterocycles. The van der Waals surface area contributed by atoms with Gasteiger partial charge in [0.25, 0.3) is 5.91 Å². The minimum absolute atomic E-state index is 0.120. The van der Waals surface area contributed by atoms with E-state index < -0.39 is 11.7 Å². The highest BCUT2D eigenvalue weighted by atomic mass is 16.6. The van der Waals surface area contributed by atoms with Crippen LogP contribution in [-0.2, 0) is 11.3 Å². The van der Waals surface area contributed by atoms with Gasteiger partial charge in [0.15, 0.2) is 0 Å². The van der Waals surface area contributed by atoms with Gasteiger partial charge >= 0.3 is 6.09 Å². The first kappa shape index (κ1) is 22.8. The van der Waals surface area contributed by atoms with E-state index in [0.717, 1.165) is 32.5 Å². The predicted octanol–water partition coefficient (Wildman–Crippen LogP) is 4.74. The Morgan fingerprint density at radius 3 is 2.45 bits per heavy atom. The van der Waals surface area contributed by atoms with E-state index in [9.17, 15) is 9.59 Å². The molecule has 0 saturated carbocycles. The third-order valence-corrected chi connectivity index (χ3v) is 5.35. The maximum absolute atomic E-state index is 12.7. The summed E-state index contributed by atoms with van der Waals surface area (Å²) >= 11 is 0. The molecule has 6 nitrogen and oxygen atoms in total. The van der Waals surface area contributed by atoms with Gasteiger partial charge in [-0.2, -0.15) is 0 Å². The van der Waals surface area contributed by atoms with E-state index in [1.54, 1.807) is 24.3 Å². The maximum atomic E-state index is 12.7. The average Bonchev–Trinajstić information content (AvgIpc) is 2.70. The summed E-state index contributed by atoms with van der Waals surface area (Å²) in [5, 5.41) is 5.82. The minimum Gasteiger partial charge on any atom is -0.444 e. The summed E-state index contributed by atoms with van der Waals surface area (Å²) in [5.41, 5.74) is 3.16. The van der Waals surface area contributed by atoms with Gasteiger partial charge in [0, 0.05) is 36.9 Å². The van der Waals surface area contributed by atoms with Crippen molar-refractivity contribution in [3.8, 4) is 0 Å². The van der Waals surface area contributed by atoms with E-state index in [4.69, 9.17) is 4.74 Å². The lowest BCUT2D eigenvalue weighted by Crippen LogP contribution is -2.44. The quantitative estimate of drug-likeness (QED) is 0.729. The summed E-state index contributed by atoms with van der Waals surface area (Å²) in [6.45, 7) is 10.4. The number of anilines is 1. The highest BCUT2D eigenvalue weighted by molar-refractivity contribution is 5.96. The lowest BCUT2D eigenvalue weighted by molar-refractivity contribution is 0.0635. The number of benzene rings is 2. The molecule has 1 heterocycles. The molecule has 1 saturated heterocycles. The molecule has 0 aliphatic carbocycles. The van der Waals surface area contributed by atoms with Crippen molar-refractivity contribution in [2.24, 2.45) is 0 Å². The van der Waals surface area contributed by atoms with E-state index in [1.807, 2.05) is 20.8 Å². The smallest absolute Gasteiger partial charge is 0.412 e. The van der Waals surface area contributed by atoms with Gasteiger partial charge in [0.1, 0.15) is 5.60 Å². The molecular weight excluding hydrogens is 390 g/mol. The Balaban J connectivity index is 1.50. The molecule has 0 spiro atoms.